The van der Waals surface area contributed by atoms with E-state index in [-0.39, 0.29) is 17.7 Å². The van der Waals surface area contributed by atoms with Crippen molar-refractivity contribution in [1.29, 1.82) is 0 Å². The van der Waals surface area contributed by atoms with Gasteiger partial charge < -0.3 is 19.2 Å². The van der Waals surface area contributed by atoms with Crippen LogP contribution in [0.5, 0.6) is 0 Å². The normalized spacial score (nSPS) is 14.6. The maximum Gasteiger partial charge on any atom is 0.408 e. The summed E-state index contributed by atoms with van der Waals surface area (Å²) in [6, 6.07) is 0. The lowest BCUT2D eigenvalue weighted by molar-refractivity contribution is -0.146. The quantitative estimate of drug-likeness (QED) is 0.311. The number of esters is 1. The minimum absolute atomic E-state index is 0.103. The Morgan fingerprint density at radius 3 is 1.93 bits per heavy atom. The Bertz CT molecular complexity index is 546. The van der Waals surface area contributed by atoms with Gasteiger partial charge in [-0.1, -0.05) is 39.5 Å². The molecule has 2 atom stereocenters. The van der Waals surface area contributed by atoms with Gasteiger partial charge in [-0.15, -0.1) is 6.58 Å². The molecule has 6 nitrogen and oxygen atoms in total. The maximum atomic E-state index is 12.0. The molecule has 162 valence electrons. The number of hydrogen-bond acceptors (Lipinski definition) is 5. The molecule has 0 aliphatic rings. The molecule has 0 spiro atoms. The number of carbonyl (C=O) groups excluding carboxylic acids is 2. The van der Waals surface area contributed by atoms with Crippen LogP contribution in [-0.2, 0) is 18.7 Å². The fraction of sp³-hybridized carbons (Fsp3) is 0.714. The number of hydrogen-bond donors (Lipinski definition) is 1. The number of carbonyl (C=O) groups is 2. The standard InChI is InChI=1S/C21H39NO5Si/c1-11-16(25-18(23)15-22-19(24)26-20(3,4)5)13-14-17(12-2)27-28(9,10)21(6,7)8/h11-12,16-17H,1-2,13-15H2,3-10H3,(H,22,24)/t16-,17?/m1/s1. The van der Waals surface area contributed by atoms with Crippen LogP contribution >= 0.6 is 0 Å². The van der Waals surface area contributed by atoms with Crippen molar-refractivity contribution in [2.75, 3.05) is 6.54 Å². The highest BCUT2D eigenvalue weighted by Crippen LogP contribution is 2.37. The second-order valence-electron chi connectivity index (χ2n) is 9.35. The van der Waals surface area contributed by atoms with Crippen LogP contribution in [0.25, 0.3) is 0 Å². The number of ether oxygens (including phenoxy) is 2. The number of rotatable bonds is 10. The summed E-state index contributed by atoms with van der Waals surface area (Å²) in [6.07, 6.45) is 3.38. The van der Waals surface area contributed by atoms with Crippen LogP contribution < -0.4 is 5.32 Å². The van der Waals surface area contributed by atoms with Crippen molar-refractivity contribution in [2.24, 2.45) is 0 Å². The molecule has 1 unspecified atom stereocenters. The molecular formula is C21H39NO5Si. The van der Waals surface area contributed by atoms with Gasteiger partial charge in [-0.25, -0.2) is 4.79 Å². The third-order valence-electron chi connectivity index (χ3n) is 4.57. The van der Waals surface area contributed by atoms with Crippen LogP contribution in [-0.4, -0.2) is 44.7 Å². The molecule has 0 fully saturated rings. The van der Waals surface area contributed by atoms with Crippen molar-refractivity contribution in [2.45, 2.75) is 90.3 Å². The summed E-state index contributed by atoms with van der Waals surface area (Å²) in [4.78, 5) is 23.6. The van der Waals surface area contributed by atoms with Gasteiger partial charge in [-0.3, -0.25) is 4.79 Å². The molecule has 0 saturated heterocycles. The van der Waals surface area contributed by atoms with Gasteiger partial charge in [0, 0.05) is 0 Å². The predicted molar refractivity (Wildman–Crippen MR) is 116 cm³/mol. The molecule has 0 saturated carbocycles. The maximum absolute atomic E-state index is 12.0. The summed E-state index contributed by atoms with van der Waals surface area (Å²) < 4.78 is 16.8. The Morgan fingerprint density at radius 2 is 1.50 bits per heavy atom. The van der Waals surface area contributed by atoms with Gasteiger partial charge in [-0.05, 0) is 51.7 Å². The topological polar surface area (TPSA) is 73.9 Å². The largest absolute Gasteiger partial charge is 0.457 e. The van der Waals surface area contributed by atoms with E-state index in [1.165, 1.54) is 0 Å². The van der Waals surface area contributed by atoms with Gasteiger partial charge in [0.2, 0.25) is 0 Å². The molecule has 0 aliphatic carbocycles. The molecule has 7 heteroatoms. The average Bonchev–Trinajstić information content (AvgIpc) is 2.52. The summed E-state index contributed by atoms with van der Waals surface area (Å²) in [6.45, 7) is 23.5. The van der Waals surface area contributed by atoms with E-state index in [2.05, 4.69) is 52.3 Å². The molecule has 0 aliphatic heterocycles. The fourth-order valence-electron chi connectivity index (χ4n) is 2.00. The first kappa shape index (κ1) is 26.4. The van der Waals surface area contributed by atoms with Gasteiger partial charge in [0.1, 0.15) is 18.2 Å². The fourth-order valence-corrected chi connectivity index (χ4v) is 3.33. The molecule has 1 amide bonds. The van der Waals surface area contributed by atoms with Crippen molar-refractivity contribution in [3.63, 3.8) is 0 Å². The monoisotopic (exact) mass is 413 g/mol. The van der Waals surface area contributed by atoms with Gasteiger partial charge in [-0.2, -0.15) is 0 Å². The SMILES string of the molecule is C=CC(CC[C@@H](C=C)OC(=O)CNC(=O)OC(C)(C)C)O[Si](C)(C)C(C)(C)C. The van der Waals surface area contributed by atoms with Crippen molar-refractivity contribution >= 4 is 20.4 Å². The van der Waals surface area contributed by atoms with Crippen LogP contribution in [0.15, 0.2) is 25.3 Å². The van der Waals surface area contributed by atoms with Crippen molar-refractivity contribution < 1.29 is 23.5 Å². The van der Waals surface area contributed by atoms with E-state index >= 15 is 0 Å². The van der Waals surface area contributed by atoms with Crippen molar-refractivity contribution in [3.05, 3.63) is 25.3 Å². The molecule has 0 rings (SSSR count). The number of amides is 1. The van der Waals surface area contributed by atoms with E-state index in [1.54, 1.807) is 32.9 Å². The molecule has 28 heavy (non-hydrogen) atoms. The zero-order valence-corrected chi connectivity index (χ0v) is 19.9. The van der Waals surface area contributed by atoms with Gasteiger partial charge in [0.05, 0.1) is 6.10 Å². The molecule has 0 heterocycles. The van der Waals surface area contributed by atoms with Gasteiger partial charge in [0.25, 0.3) is 0 Å². The first-order valence-corrected chi connectivity index (χ1v) is 12.6. The molecule has 1 N–H and O–H groups in total. The first-order chi connectivity index (χ1) is 12.6. The Labute approximate surface area is 171 Å². The molecule has 0 radical (unpaired) electrons. The van der Waals surface area contributed by atoms with E-state index in [9.17, 15) is 9.59 Å². The molecule has 0 aromatic heterocycles. The minimum atomic E-state index is -1.91. The summed E-state index contributed by atoms with van der Waals surface area (Å²) in [5.74, 6) is -0.545. The van der Waals surface area contributed by atoms with E-state index in [0.717, 1.165) is 0 Å². The molecule has 0 aromatic carbocycles. The van der Waals surface area contributed by atoms with E-state index in [1.807, 2.05) is 0 Å². The smallest absolute Gasteiger partial charge is 0.408 e. The summed E-state index contributed by atoms with van der Waals surface area (Å²) in [5, 5.41) is 2.49. The third-order valence-corrected chi connectivity index (χ3v) is 9.08. The Hall–Kier alpha value is -1.60. The minimum Gasteiger partial charge on any atom is -0.457 e. The summed E-state index contributed by atoms with van der Waals surface area (Å²) in [7, 11) is -1.91. The van der Waals surface area contributed by atoms with Crippen LogP contribution in [0.3, 0.4) is 0 Å². The predicted octanol–water partition coefficient (Wildman–Crippen LogP) is 4.97. The van der Waals surface area contributed by atoms with Gasteiger partial charge >= 0.3 is 12.1 Å². The van der Waals surface area contributed by atoms with Crippen molar-refractivity contribution in [3.8, 4) is 0 Å². The highest BCUT2D eigenvalue weighted by atomic mass is 28.4. The molecule has 0 aromatic rings. The van der Waals surface area contributed by atoms with Crippen LogP contribution in [0.2, 0.25) is 18.1 Å². The lowest BCUT2D eigenvalue weighted by Gasteiger charge is -2.38. The van der Waals surface area contributed by atoms with Crippen molar-refractivity contribution in [1.82, 2.24) is 5.32 Å². The lowest BCUT2D eigenvalue weighted by atomic mass is 10.1. The number of nitrogens with one attached hydrogen (secondary N) is 1. The summed E-state index contributed by atoms with van der Waals surface area (Å²) >= 11 is 0. The van der Waals surface area contributed by atoms with Crippen LogP contribution in [0.4, 0.5) is 4.79 Å². The van der Waals surface area contributed by atoms with E-state index in [0.29, 0.717) is 12.8 Å². The third kappa shape index (κ3) is 10.7. The first-order valence-electron chi connectivity index (χ1n) is 9.70. The lowest BCUT2D eigenvalue weighted by Crippen LogP contribution is -2.43. The van der Waals surface area contributed by atoms with E-state index < -0.39 is 32.1 Å². The average molecular weight is 414 g/mol. The highest BCUT2D eigenvalue weighted by Gasteiger charge is 2.38. The van der Waals surface area contributed by atoms with Gasteiger partial charge in [0.15, 0.2) is 8.32 Å². The second kappa shape index (κ2) is 10.8. The number of alkyl carbamates (subject to hydrolysis) is 1. The Morgan fingerprint density at radius 1 is 1.00 bits per heavy atom. The second-order valence-corrected chi connectivity index (χ2v) is 14.1. The Kier molecular flexibility index (Phi) is 10.2. The molecule has 0 bridgehead atoms. The summed E-state index contributed by atoms with van der Waals surface area (Å²) in [5.41, 5.74) is -0.624. The van der Waals surface area contributed by atoms with E-state index in [4.69, 9.17) is 13.9 Å². The van der Waals surface area contributed by atoms with Crippen LogP contribution in [0.1, 0.15) is 54.4 Å². The highest BCUT2D eigenvalue weighted by molar-refractivity contribution is 6.74. The van der Waals surface area contributed by atoms with Crippen LogP contribution in [0, 0.1) is 0 Å². The zero-order valence-electron chi connectivity index (χ0n) is 18.9. The zero-order chi connectivity index (χ0) is 22.2. The molecular weight excluding hydrogens is 374 g/mol. The Balaban J connectivity index is 4.53.